The van der Waals surface area contributed by atoms with Gasteiger partial charge in [0.1, 0.15) is 5.75 Å². The molecule has 0 unspecified atom stereocenters. The number of nitrogen functional groups attached to an aromatic ring is 2. The van der Waals surface area contributed by atoms with Crippen LogP contribution in [0.25, 0.3) is 0 Å². The molecule has 16 heavy (non-hydrogen) atoms. The molecule has 3 nitrogen and oxygen atoms in total. The fraction of sp³-hybridized carbons (Fsp3) is 0.538. The second-order valence-corrected chi connectivity index (χ2v) is 4.06. The molecule has 4 N–H and O–H groups in total. The van der Waals surface area contributed by atoms with Crippen LogP contribution in [0.3, 0.4) is 0 Å². The van der Waals surface area contributed by atoms with E-state index in [1.165, 1.54) is 25.7 Å². The maximum absolute atomic E-state index is 5.78. The number of ether oxygens (including phenoxy) is 1. The zero-order valence-corrected chi connectivity index (χ0v) is 10.0. The lowest BCUT2D eigenvalue weighted by Gasteiger charge is -2.09. The first kappa shape index (κ1) is 12.7. The molecule has 3 heteroatoms. The minimum absolute atomic E-state index is 0.619. The Labute approximate surface area is 97.8 Å². The van der Waals surface area contributed by atoms with Gasteiger partial charge in [-0.25, -0.2) is 0 Å². The van der Waals surface area contributed by atoms with Crippen LogP contribution in [0.2, 0.25) is 0 Å². The first-order chi connectivity index (χ1) is 7.74. The molecule has 0 bridgehead atoms. The normalized spacial score (nSPS) is 10.3. The first-order valence-corrected chi connectivity index (χ1v) is 6.02. The van der Waals surface area contributed by atoms with Crippen LogP contribution in [-0.4, -0.2) is 6.61 Å². The van der Waals surface area contributed by atoms with Gasteiger partial charge in [-0.15, -0.1) is 0 Å². The predicted octanol–water partition coefficient (Wildman–Crippen LogP) is 3.20. The largest absolute Gasteiger partial charge is 0.491 e. The average molecular weight is 222 g/mol. The molecule has 0 aliphatic rings. The summed E-state index contributed by atoms with van der Waals surface area (Å²) in [4.78, 5) is 0. The Balaban J connectivity index is 2.21. The molecule has 1 aromatic rings. The van der Waals surface area contributed by atoms with Crippen molar-refractivity contribution in [3.63, 3.8) is 0 Å². The highest BCUT2D eigenvalue weighted by atomic mass is 16.5. The Morgan fingerprint density at radius 3 is 2.50 bits per heavy atom. The van der Waals surface area contributed by atoms with Crippen LogP contribution in [0.4, 0.5) is 11.4 Å². The molecule has 0 aliphatic carbocycles. The molecule has 0 saturated carbocycles. The van der Waals surface area contributed by atoms with Crippen LogP contribution in [0.1, 0.15) is 39.0 Å². The van der Waals surface area contributed by atoms with E-state index < -0.39 is 0 Å². The maximum atomic E-state index is 5.78. The summed E-state index contributed by atoms with van der Waals surface area (Å²) in [5, 5.41) is 0. The molecule has 0 amide bonds. The van der Waals surface area contributed by atoms with E-state index >= 15 is 0 Å². The van der Waals surface area contributed by atoms with E-state index in [-0.39, 0.29) is 0 Å². The maximum Gasteiger partial charge on any atom is 0.142 e. The smallest absolute Gasteiger partial charge is 0.142 e. The minimum atomic E-state index is 0.619. The van der Waals surface area contributed by atoms with Gasteiger partial charge >= 0.3 is 0 Å². The Morgan fingerprint density at radius 2 is 1.81 bits per heavy atom. The summed E-state index contributed by atoms with van der Waals surface area (Å²) < 4.78 is 5.59. The van der Waals surface area contributed by atoms with E-state index in [2.05, 4.69) is 6.92 Å². The van der Waals surface area contributed by atoms with Gasteiger partial charge in [0.2, 0.25) is 0 Å². The third kappa shape index (κ3) is 4.43. The molecule has 90 valence electrons. The first-order valence-electron chi connectivity index (χ1n) is 6.02. The van der Waals surface area contributed by atoms with Crippen LogP contribution in [-0.2, 0) is 0 Å². The van der Waals surface area contributed by atoms with E-state index in [0.717, 1.165) is 18.8 Å². The van der Waals surface area contributed by atoms with Crippen molar-refractivity contribution in [2.75, 3.05) is 18.1 Å². The van der Waals surface area contributed by atoms with E-state index in [4.69, 9.17) is 16.2 Å². The van der Waals surface area contributed by atoms with Gasteiger partial charge < -0.3 is 16.2 Å². The zero-order chi connectivity index (χ0) is 11.8. The third-order valence-corrected chi connectivity index (χ3v) is 2.54. The topological polar surface area (TPSA) is 61.3 Å². The molecule has 0 fully saturated rings. The summed E-state index contributed by atoms with van der Waals surface area (Å²) in [7, 11) is 0. The molecule has 0 atom stereocenters. The van der Waals surface area contributed by atoms with Gasteiger partial charge in [0.25, 0.3) is 0 Å². The van der Waals surface area contributed by atoms with Gasteiger partial charge in [-0.05, 0) is 24.6 Å². The Bertz CT molecular complexity index is 313. The monoisotopic (exact) mass is 222 g/mol. The molecule has 0 aliphatic heterocycles. The molecule has 0 spiro atoms. The van der Waals surface area contributed by atoms with Crippen LogP contribution in [0.5, 0.6) is 5.75 Å². The van der Waals surface area contributed by atoms with E-state index in [1.807, 2.05) is 12.1 Å². The second kappa shape index (κ2) is 6.99. The molecular formula is C13H22N2O. The molecule has 0 aromatic heterocycles. The van der Waals surface area contributed by atoms with Gasteiger partial charge in [0.05, 0.1) is 12.3 Å². The second-order valence-electron chi connectivity index (χ2n) is 4.06. The van der Waals surface area contributed by atoms with Crippen molar-refractivity contribution >= 4 is 11.4 Å². The summed E-state index contributed by atoms with van der Waals surface area (Å²) in [5.74, 6) is 0.740. The number of anilines is 2. The summed E-state index contributed by atoms with van der Waals surface area (Å²) in [6.07, 6.45) is 6.18. The number of rotatable bonds is 7. The molecule has 0 saturated heterocycles. The van der Waals surface area contributed by atoms with Crippen molar-refractivity contribution in [2.24, 2.45) is 0 Å². The summed E-state index contributed by atoms with van der Waals surface area (Å²) in [6.45, 7) is 2.95. The van der Waals surface area contributed by atoms with Crippen molar-refractivity contribution in [1.82, 2.24) is 0 Å². The van der Waals surface area contributed by atoms with E-state index in [0.29, 0.717) is 11.4 Å². The number of hydrogen-bond donors (Lipinski definition) is 2. The van der Waals surface area contributed by atoms with E-state index in [9.17, 15) is 0 Å². The highest BCUT2D eigenvalue weighted by molar-refractivity contribution is 5.60. The Morgan fingerprint density at radius 1 is 1.06 bits per heavy atom. The zero-order valence-electron chi connectivity index (χ0n) is 10.0. The van der Waals surface area contributed by atoms with Crippen molar-refractivity contribution in [3.05, 3.63) is 18.2 Å². The number of nitrogens with two attached hydrogens (primary N) is 2. The molecule has 1 aromatic carbocycles. The van der Waals surface area contributed by atoms with Gasteiger partial charge in [0.15, 0.2) is 0 Å². The van der Waals surface area contributed by atoms with Gasteiger partial charge in [-0.3, -0.25) is 0 Å². The van der Waals surface area contributed by atoms with Crippen LogP contribution in [0.15, 0.2) is 18.2 Å². The van der Waals surface area contributed by atoms with Crippen molar-refractivity contribution < 1.29 is 4.74 Å². The lowest BCUT2D eigenvalue weighted by molar-refractivity contribution is 0.306. The molecule has 1 rings (SSSR count). The average Bonchev–Trinajstić information content (AvgIpc) is 2.26. The van der Waals surface area contributed by atoms with Gasteiger partial charge in [0, 0.05) is 5.69 Å². The van der Waals surface area contributed by atoms with Crippen molar-refractivity contribution in [2.45, 2.75) is 39.0 Å². The van der Waals surface area contributed by atoms with Gasteiger partial charge in [-0.2, -0.15) is 0 Å². The fourth-order valence-electron chi connectivity index (χ4n) is 1.59. The molecule has 0 radical (unpaired) electrons. The Hall–Kier alpha value is -1.38. The van der Waals surface area contributed by atoms with E-state index in [1.54, 1.807) is 6.07 Å². The third-order valence-electron chi connectivity index (χ3n) is 2.54. The number of unbranched alkanes of at least 4 members (excludes halogenated alkanes) is 4. The highest BCUT2D eigenvalue weighted by Gasteiger charge is 1.99. The summed E-state index contributed by atoms with van der Waals surface area (Å²) in [5.41, 5.74) is 12.7. The fourth-order valence-corrected chi connectivity index (χ4v) is 1.59. The highest BCUT2D eigenvalue weighted by Crippen LogP contribution is 2.23. The Kier molecular flexibility index (Phi) is 5.54. The minimum Gasteiger partial charge on any atom is -0.491 e. The lowest BCUT2D eigenvalue weighted by atomic mass is 10.2. The van der Waals surface area contributed by atoms with Crippen LogP contribution >= 0.6 is 0 Å². The van der Waals surface area contributed by atoms with Crippen LogP contribution in [0, 0.1) is 0 Å². The van der Waals surface area contributed by atoms with Crippen molar-refractivity contribution in [3.8, 4) is 5.75 Å². The standard InChI is InChI=1S/C13H22N2O/c1-2-3-4-5-6-9-16-13-8-7-11(14)10-12(13)15/h7-8,10H,2-6,9,14-15H2,1H3. The predicted molar refractivity (Wildman–Crippen MR) is 69.5 cm³/mol. The van der Waals surface area contributed by atoms with Crippen molar-refractivity contribution in [1.29, 1.82) is 0 Å². The number of benzene rings is 1. The lowest BCUT2D eigenvalue weighted by Crippen LogP contribution is -2.01. The van der Waals surface area contributed by atoms with Crippen LogP contribution < -0.4 is 16.2 Å². The molecular weight excluding hydrogens is 200 g/mol. The number of hydrogen-bond acceptors (Lipinski definition) is 3. The molecule has 0 heterocycles. The SMILES string of the molecule is CCCCCCCOc1ccc(N)cc1N. The summed E-state index contributed by atoms with van der Waals surface area (Å²) >= 11 is 0. The summed E-state index contributed by atoms with van der Waals surface area (Å²) in [6, 6.07) is 5.37. The van der Waals surface area contributed by atoms with Gasteiger partial charge in [-0.1, -0.05) is 32.6 Å². The quantitative estimate of drug-likeness (QED) is 0.550.